The van der Waals surface area contributed by atoms with Gasteiger partial charge in [0.15, 0.2) is 0 Å². The number of unbranched alkanes of at least 4 members (excludes halogenated alkanes) is 1. The molecule has 0 radical (unpaired) electrons. The van der Waals surface area contributed by atoms with E-state index in [0.29, 0.717) is 39.1 Å². The highest BCUT2D eigenvalue weighted by atomic mass is 16.5. The maximum atomic E-state index is 13.5. The van der Waals surface area contributed by atoms with E-state index in [1.54, 1.807) is 11.9 Å². The lowest BCUT2D eigenvalue weighted by Gasteiger charge is -2.34. The normalized spacial score (nSPS) is 30.3. The molecule has 2 fully saturated rings. The summed E-state index contributed by atoms with van der Waals surface area (Å²) in [6, 6.07) is -0.628. The molecule has 0 aromatic carbocycles. The van der Waals surface area contributed by atoms with Crippen molar-refractivity contribution in [1.29, 1.82) is 0 Å². The molecule has 3 rings (SSSR count). The molecule has 0 aromatic heterocycles. The first kappa shape index (κ1) is 24.7. The van der Waals surface area contributed by atoms with Crippen LogP contribution in [0.5, 0.6) is 0 Å². The highest BCUT2D eigenvalue weighted by Crippen LogP contribution is 2.44. The minimum Gasteiger partial charge on any atom is -0.396 e. The van der Waals surface area contributed by atoms with E-state index >= 15 is 0 Å². The fraction of sp³-hybridized carbons (Fsp3) is 0.783. The van der Waals surface area contributed by atoms with Crippen LogP contribution < -0.4 is 10.6 Å². The lowest BCUT2D eigenvalue weighted by molar-refractivity contribution is -0.140. The third-order valence-corrected chi connectivity index (χ3v) is 7.04. The van der Waals surface area contributed by atoms with Gasteiger partial charge in [-0.05, 0) is 25.2 Å². The Morgan fingerprint density at radius 3 is 2.56 bits per heavy atom. The fourth-order valence-electron chi connectivity index (χ4n) is 5.31. The molecule has 0 aromatic rings. The van der Waals surface area contributed by atoms with E-state index in [9.17, 15) is 19.5 Å². The Labute approximate surface area is 190 Å². The Kier molecular flexibility index (Phi) is 9.07. The van der Waals surface area contributed by atoms with Crippen molar-refractivity contribution in [2.24, 2.45) is 23.7 Å². The topological polar surface area (TPSA) is 111 Å². The number of hydrogen-bond donors (Lipinski definition) is 3. The van der Waals surface area contributed by atoms with E-state index in [1.165, 1.54) is 0 Å². The monoisotopic (exact) mass is 450 g/mol. The highest BCUT2D eigenvalue weighted by Gasteiger charge is 2.56. The quantitative estimate of drug-likeness (QED) is 0.309. The second-order valence-electron chi connectivity index (χ2n) is 8.85. The molecule has 0 unspecified atom stereocenters. The highest BCUT2D eigenvalue weighted by molar-refractivity contribution is 5.96. The molecule has 3 aliphatic rings. The maximum absolute atomic E-state index is 13.5. The minimum absolute atomic E-state index is 0.0254. The fourth-order valence-corrected chi connectivity index (χ4v) is 5.31. The van der Waals surface area contributed by atoms with E-state index in [2.05, 4.69) is 15.5 Å². The van der Waals surface area contributed by atoms with Gasteiger partial charge in [-0.1, -0.05) is 19.1 Å². The summed E-state index contributed by atoms with van der Waals surface area (Å²) >= 11 is 0. The van der Waals surface area contributed by atoms with Gasteiger partial charge in [0.2, 0.25) is 17.7 Å². The Morgan fingerprint density at radius 1 is 1.16 bits per heavy atom. The van der Waals surface area contributed by atoms with Gasteiger partial charge in [-0.25, -0.2) is 0 Å². The summed E-state index contributed by atoms with van der Waals surface area (Å²) in [7, 11) is 1.59. The summed E-state index contributed by atoms with van der Waals surface area (Å²) in [5.74, 6) is -1.80. The molecule has 3 amide bonds. The standard InChI is InChI=1S/C23H38N4O5/c1-3-16-6-7-17-19(18(16)21(29)24-2)23(31)27(9-4-5-13-28)20(17)22(30)25-8-10-26-11-14-32-15-12-26/h6-7,16-20,28H,3-5,8-15H2,1-2H3,(H,24,29)(H,25,30)/t16-,17+,18-,19-,20+/m1/s1. The number of amides is 3. The third-order valence-electron chi connectivity index (χ3n) is 7.04. The van der Waals surface area contributed by atoms with E-state index in [1.807, 2.05) is 19.1 Å². The first-order valence-electron chi connectivity index (χ1n) is 11.9. The zero-order chi connectivity index (χ0) is 23.1. The maximum Gasteiger partial charge on any atom is 0.243 e. The molecule has 1 aliphatic carbocycles. The number of fused-ring (bicyclic) bond motifs is 1. The molecule has 9 nitrogen and oxygen atoms in total. The number of allylic oxidation sites excluding steroid dienone is 1. The Hall–Kier alpha value is -1.97. The summed E-state index contributed by atoms with van der Waals surface area (Å²) < 4.78 is 5.37. The van der Waals surface area contributed by atoms with Gasteiger partial charge < -0.3 is 25.4 Å². The second kappa shape index (κ2) is 11.8. The molecule has 2 aliphatic heterocycles. The molecule has 5 atom stereocenters. The van der Waals surface area contributed by atoms with Gasteiger partial charge in [0, 0.05) is 52.3 Å². The molecular formula is C23H38N4O5. The molecule has 32 heavy (non-hydrogen) atoms. The van der Waals surface area contributed by atoms with Crippen LogP contribution in [-0.2, 0) is 19.1 Å². The Morgan fingerprint density at radius 2 is 1.91 bits per heavy atom. The van der Waals surface area contributed by atoms with E-state index in [4.69, 9.17) is 4.74 Å². The van der Waals surface area contributed by atoms with Gasteiger partial charge in [-0.3, -0.25) is 19.3 Å². The van der Waals surface area contributed by atoms with Crippen molar-refractivity contribution < 1.29 is 24.2 Å². The second-order valence-corrected chi connectivity index (χ2v) is 8.85. The summed E-state index contributed by atoms with van der Waals surface area (Å²) in [4.78, 5) is 43.5. The predicted octanol–water partition coefficient (Wildman–Crippen LogP) is -0.391. The number of nitrogens with zero attached hydrogens (tertiary/aromatic N) is 2. The van der Waals surface area contributed by atoms with Crippen LogP contribution >= 0.6 is 0 Å². The predicted molar refractivity (Wildman–Crippen MR) is 120 cm³/mol. The number of aliphatic hydroxyl groups excluding tert-OH is 1. The third kappa shape index (κ3) is 5.32. The van der Waals surface area contributed by atoms with Crippen LogP contribution in [0.15, 0.2) is 12.2 Å². The molecule has 2 heterocycles. The SMILES string of the molecule is CC[C@@H]1C=C[C@H]2[C@@H](C(=O)N(CCCCO)[C@@H]2C(=O)NCCN2CCOCC2)[C@@H]1C(=O)NC. The van der Waals surface area contributed by atoms with Crippen LogP contribution in [0.1, 0.15) is 26.2 Å². The number of likely N-dealkylation sites (tertiary alicyclic amines) is 1. The lowest BCUT2D eigenvalue weighted by atomic mass is 9.69. The van der Waals surface area contributed by atoms with Crippen LogP contribution in [0.25, 0.3) is 0 Å². The van der Waals surface area contributed by atoms with Crippen LogP contribution in [-0.4, -0.2) is 98.3 Å². The van der Waals surface area contributed by atoms with Crippen LogP contribution in [0.4, 0.5) is 0 Å². The number of morpholine rings is 1. The molecule has 2 saturated heterocycles. The lowest BCUT2D eigenvalue weighted by Crippen LogP contribution is -2.49. The first-order valence-corrected chi connectivity index (χ1v) is 11.9. The zero-order valence-electron chi connectivity index (χ0n) is 19.3. The van der Waals surface area contributed by atoms with Crippen molar-refractivity contribution in [2.45, 2.75) is 32.2 Å². The van der Waals surface area contributed by atoms with E-state index < -0.39 is 17.9 Å². The zero-order valence-corrected chi connectivity index (χ0v) is 19.3. The van der Waals surface area contributed by atoms with E-state index in [-0.39, 0.29) is 36.2 Å². The number of aliphatic hydroxyl groups is 1. The Bertz CT molecular complexity index is 694. The van der Waals surface area contributed by atoms with Crippen molar-refractivity contribution in [1.82, 2.24) is 20.4 Å². The number of carbonyl (C=O) groups is 3. The summed E-state index contributed by atoms with van der Waals surface area (Å²) in [6.45, 7) is 6.82. The summed E-state index contributed by atoms with van der Waals surface area (Å²) in [6.07, 6.45) is 5.93. The van der Waals surface area contributed by atoms with Crippen LogP contribution in [0, 0.1) is 23.7 Å². The van der Waals surface area contributed by atoms with Crippen molar-refractivity contribution in [3.8, 4) is 0 Å². The van der Waals surface area contributed by atoms with Gasteiger partial charge in [0.05, 0.1) is 25.0 Å². The van der Waals surface area contributed by atoms with Crippen molar-refractivity contribution in [3.63, 3.8) is 0 Å². The van der Waals surface area contributed by atoms with Gasteiger partial charge in [0.25, 0.3) is 0 Å². The number of ether oxygens (including phenoxy) is 1. The van der Waals surface area contributed by atoms with Crippen LogP contribution in [0.3, 0.4) is 0 Å². The number of rotatable bonds is 10. The average Bonchev–Trinajstić information content (AvgIpc) is 3.10. The molecular weight excluding hydrogens is 412 g/mol. The Balaban J connectivity index is 1.76. The number of nitrogens with one attached hydrogen (secondary N) is 2. The summed E-state index contributed by atoms with van der Waals surface area (Å²) in [5.41, 5.74) is 0. The molecule has 9 heteroatoms. The van der Waals surface area contributed by atoms with Crippen molar-refractivity contribution >= 4 is 17.7 Å². The summed E-state index contributed by atoms with van der Waals surface area (Å²) in [5, 5.41) is 14.9. The van der Waals surface area contributed by atoms with Gasteiger partial charge in [0.1, 0.15) is 6.04 Å². The smallest absolute Gasteiger partial charge is 0.243 e. The largest absolute Gasteiger partial charge is 0.396 e. The molecule has 0 saturated carbocycles. The van der Waals surface area contributed by atoms with E-state index in [0.717, 1.165) is 26.1 Å². The van der Waals surface area contributed by atoms with Crippen molar-refractivity contribution in [3.05, 3.63) is 12.2 Å². The van der Waals surface area contributed by atoms with Gasteiger partial charge in [-0.2, -0.15) is 0 Å². The minimum atomic E-state index is -0.628. The number of carbonyl (C=O) groups excluding carboxylic acids is 3. The van der Waals surface area contributed by atoms with Crippen LogP contribution in [0.2, 0.25) is 0 Å². The van der Waals surface area contributed by atoms with Crippen molar-refractivity contribution in [2.75, 3.05) is 59.6 Å². The molecule has 0 spiro atoms. The molecule has 180 valence electrons. The molecule has 3 N–H and O–H groups in total. The average molecular weight is 451 g/mol. The molecule has 0 bridgehead atoms. The van der Waals surface area contributed by atoms with Gasteiger partial charge >= 0.3 is 0 Å². The number of hydrogen-bond acceptors (Lipinski definition) is 6. The first-order chi connectivity index (χ1) is 15.5. The van der Waals surface area contributed by atoms with Gasteiger partial charge in [-0.15, -0.1) is 0 Å².